The molecule has 0 aromatic heterocycles. The fourth-order valence-corrected chi connectivity index (χ4v) is 5.20. The van der Waals surface area contributed by atoms with E-state index in [-0.39, 0.29) is 6.10 Å². The van der Waals surface area contributed by atoms with Crippen molar-refractivity contribution in [1.82, 2.24) is 5.32 Å². The molecule has 0 spiro atoms. The van der Waals surface area contributed by atoms with Crippen molar-refractivity contribution in [3.63, 3.8) is 0 Å². The smallest absolute Gasteiger partial charge is 0.0526 e. The summed E-state index contributed by atoms with van der Waals surface area (Å²) in [5.74, 6) is 4.13. The molecule has 0 aliphatic heterocycles. The van der Waals surface area contributed by atoms with E-state index in [4.69, 9.17) is 0 Å². The lowest BCUT2D eigenvalue weighted by molar-refractivity contribution is 0.152. The molecule has 0 aromatic carbocycles. The zero-order valence-electron chi connectivity index (χ0n) is 11.2. The van der Waals surface area contributed by atoms with E-state index in [0.29, 0.717) is 6.04 Å². The second kappa shape index (κ2) is 4.55. The minimum atomic E-state index is -0.171. The van der Waals surface area contributed by atoms with E-state index in [1.807, 2.05) is 6.92 Å². The number of aliphatic hydroxyl groups is 1. The van der Waals surface area contributed by atoms with Crippen molar-refractivity contribution in [3.8, 4) is 0 Å². The van der Waals surface area contributed by atoms with Gasteiger partial charge in [0.15, 0.2) is 0 Å². The molecule has 3 fully saturated rings. The molecular formula is C15H27NO. The molecule has 17 heavy (non-hydrogen) atoms. The Morgan fingerprint density at radius 2 is 1.88 bits per heavy atom. The van der Waals surface area contributed by atoms with Crippen LogP contribution in [-0.2, 0) is 0 Å². The third kappa shape index (κ3) is 2.15. The number of hydrogen-bond acceptors (Lipinski definition) is 2. The van der Waals surface area contributed by atoms with E-state index in [9.17, 15) is 5.11 Å². The van der Waals surface area contributed by atoms with Gasteiger partial charge in [0, 0.05) is 12.1 Å². The van der Waals surface area contributed by atoms with Gasteiger partial charge in [-0.3, -0.25) is 0 Å². The summed E-state index contributed by atoms with van der Waals surface area (Å²) in [6, 6.07) is 1.23. The van der Waals surface area contributed by atoms with Gasteiger partial charge in [0.25, 0.3) is 0 Å². The van der Waals surface area contributed by atoms with Crippen molar-refractivity contribution >= 4 is 0 Å². The summed E-state index contributed by atoms with van der Waals surface area (Å²) in [6.07, 6.45) is 8.12. The van der Waals surface area contributed by atoms with Crippen LogP contribution in [0.15, 0.2) is 0 Å². The standard InChI is InChI=1S/C15H27NO/c1-9(6-10(2)17)16-15-8-11-7-14(15)13-5-3-4-12(11)13/h9-17H,3-8H2,1-2H3. The Balaban J connectivity index is 1.56. The monoisotopic (exact) mass is 237 g/mol. The lowest BCUT2D eigenvalue weighted by Gasteiger charge is -2.34. The van der Waals surface area contributed by atoms with E-state index in [2.05, 4.69) is 12.2 Å². The molecule has 2 heteroatoms. The predicted molar refractivity (Wildman–Crippen MR) is 69.7 cm³/mol. The highest BCUT2D eigenvalue weighted by Gasteiger charge is 2.53. The van der Waals surface area contributed by atoms with Crippen LogP contribution in [0.5, 0.6) is 0 Å². The van der Waals surface area contributed by atoms with Crippen LogP contribution in [0.25, 0.3) is 0 Å². The summed E-state index contributed by atoms with van der Waals surface area (Å²) in [4.78, 5) is 0. The van der Waals surface area contributed by atoms with Crippen molar-refractivity contribution in [2.75, 3.05) is 0 Å². The Kier molecular flexibility index (Phi) is 3.20. The minimum Gasteiger partial charge on any atom is -0.393 e. The van der Waals surface area contributed by atoms with E-state index >= 15 is 0 Å². The maximum atomic E-state index is 9.44. The van der Waals surface area contributed by atoms with E-state index < -0.39 is 0 Å². The van der Waals surface area contributed by atoms with Gasteiger partial charge in [-0.1, -0.05) is 6.42 Å². The fourth-order valence-electron chi connectivity index (χ4n) is 5.20. The molecule has 0 aromatic rings. The molecule has 0 radical (unpaired) electrons. The topological polar surface area (TPSA) is 32.3 Å². The summed E-state index contributed by atoms with van der Waals surface area (Å²) >= 11 is 0. The Morgan fingerprint density at radius 3 is 2.65 bits per heavy atom. The number of nitrogens with one attached hydrogen (secondary N) is 1. The molecule has 2 bridgehead atoms. The van der Waals surface area contributed by atoms with Crippen LogP contribution in [0.2, 0.25) is 0 Å². The van der Waals surface area contributed by atoms with Gasteiger partial charge in [-0.15, -0.1) is 0 Å². The molecule has 98 valence electrons. The highest BCUT2D eigenvalue weighted by molar-refractivity contribution is 5.05. The highest BCUT2D eigenvalue weighted by Crippen LogP contribution is 2.58. The Bertz CT molecular complexity index is 278. The summed E-state index contributed by atoms with van der Waals surface area (Å²) in [5, 5.41) is 13.2. The number of aliphatic hydroxyl groups excluding tert-OH is 1. The van der Waals surface area contributed by atoms with Gasteiger partial charge in [0.2, 0.25) is 0 Å². The molecule has 7 atom stereocenters. The number of rotatable bonds is 4. The predicted octanol–water partition coefficient (Wildman–Crippen LogP) is 2.56. The Hall–Kier alpha value is -0.0800. The largest absolute Gasteiger partial charge is 0.393 e. The molecule has 3 aliphatic carbocycles. The molecule has 7 unspecified atom stereocenters. The summed E-state index contributed by atoms with van der Waals surface area (Å²) < 4.78 is 0. The Labute approximate surface area is 105 Å². The summed E-state index contributed by atoms with van der Waals surface area (Å²) in [6.45, 7) is 4.12. The van der Waals surface area contributed by atoms with Crippen molar-refractivity contribution in [2.24, 2.45) is 23.7 Å². The van der Waals surface area contributed by atoms with Crippen molar-refractivity contribution < 1.29 is 5.11 Å². The molecule has 2 nitrogen and oxygen atoms in total. The van der Waals surface area contributed by atoms with E-state index in [0.717, 1.165) is 36.1 Å². The third-order valence-electron chi connectivity index (χ3n) is 5.62. The first-order chi connectivity index (χ1) is 8.15. The fraction of sp³-hybridized carbons (Fsp3) is 1.00. The third-order valence-corrected chi connectivity index (χ3v) is 5.62. The van der Waals surface area contributed by atoms with Gasteiger partial charge in [0.1, 0.15) is 0 Å². The molecular weight excluding hydrogens is 210 g/mol. The van der Waals surface area contributed by atoms with E-state index in [1.165, 1.54) is 32.1 Å². The second-order valence-corrected chi connectivity index (χ2v) is 6.91. The highest BCUT2D eigenvalue weighted by atomic mass is 16.3. The van der Waals surface area contributed by atoms with Crippen LogP contribution in [0, 0.1) is 23.7 Å². The normalized spacial score (nSPS) is 47.1. The molecule has 0 heterocycles. The van der Waals surface area contributed by atoms with Crippen LogP contribution in [0.3, 0.4) is 0 Å². The lowest BCUT2D eigenvalue weighted by atomic mass is 9.79. The first-order valence-corrected chi connectivity index (χ1v) is 7.59. The molecule has 3 aliphatic rings. The number of fused-ring (bicyclic) bond motifs is 5. The average molecular weight is 237 g/mol. The molecule has 2 N–H and O–H groups in total. The van der Waals surface area contributed by atoms with Crippen LogP contribution < -0.4 is 5.32 Å². The molecule has 3 rings (SSSR count). The first-order valence-electron chi connectivity index (χ1n) is 7.59. The van der Waals surface area contributed by atoms with Gasteiger partial charge in [-0.2, -0.15) is 0 Å². The first kappa shape index (κ1) is 12.0. The zero-order chi connectivity index (χ0) is 12.0. The van der Waals surface area contributed by atoms with Crippen molar-refractivity contribution in [3.05, 3.63) is 0 Å². The molecule has 3 saturated carbocycles. The average Bonchev–Trinajstić information content (AvgIpc) is 2.83. The van der Waals surface area contributed by atoms with Gasteiger partial charge in [0.05, 0.1) is 6.10 Å². The summed E-state index contributed by atoms with van der Waals surface area (Å²) in [5.41, 5.74) is 0. The van der Waals surface area contributed by atoms with Crippen molar-refractivity contribution in [2.45, 2.75) is 70.6 Å². The van der Waals surface area contributed by atoms with E-state index in [1.54, 1.807) is 0 Å². The minimum absolute atomic E-state index is 0.171. The van der Waals surface area contributed by atoms with Crippen LogP contribution >= 0.6 is 0 Å². The van der Waals surface area contributed by atoms with Crippen LogP contribution in [-0.4, -0.2) is 23.3 Å². The SMILES string of the molecule is CC(O)CC(C)NC1CC2CC1C1CCCC21. The maximum absolute atomic E-state index is 9.44. The maximum Gasteiger partial charge on any atom is 0.0526 e. The van der Waals surface area contributed by atoms with Gasteiger partial charge < -0.3 is 10.4 Å². The summed E-state index contributed by atoms with van der Waals surface area (Å²) in [7, 11) is 0. The second-order valence-electron chi connectivity index (χ2n) is 6.91. The van der Waals surface area contributed by atoms with Gasteiger partial charge >= 0.3 is 0 Å². The van der Waals surface area contributed by atoms with Crippen LogP contribution in [0.4, 0.5) is 0 Å². The molecule has 0 amide bonds. The Morgan fingerprint density at radius 1 is 1.12 bits per heavy atom. The van der Waals surface area contributed by atoms with Crippen LogP contribution in [0.1, 0.15) is 52.4 Å². The quantitative estimate of drug-likeness (QED) is 0.787. The van der Waals surface area contributed by atoms with Crippen molar-refractivity contribution in [1.29, 1.82) is 0 Å². The lowest BCUT2D eigenvalue weighted by Crippen LogP contribution is -2.44. The van der Waals surface area contributed by atoms with Gasteiger partial charge in [-0.25, -0.2) is 0 Å². The number of hydrogen-bond donors (Lipinski definition) is 2. The van der Waals surface area contributed by atoms with Gasteiger partial charge in [-0.05, 0) is 69.6 Å². The molecule has 0 saturated heterocycles. The zero-order valence-corrected chi connectivity index (χ0v) is 11.2.